The summed E-state index contributed by atoms with van der Waals surface area (Å²) in [6.45, 7) is 3.10. The van der Waals surface area contributed by atoms with E-state index in [1.165, 1.54) is 6.07 Å². The molecule has 0 bridgehead atoms. The molecule has 9 heteroatoms. The van der Waals surface area contributed by atoms with Crippen LogP contribution in [-0.2, 0) is 16.6 Å². The van der Waals surface area contributed by atoms with Crippen molar-refractivity contribution in [1.82, 2.24) is 15.5 Å². The molecule has 6 nitrogen and oxygen atoms in total. The van der Waals surface area contributed by atoms with E-state index in [1.54, 1.807) is 0 Å². The van der Waals surface area contributed by atoms with E-state index in [0.29, 0.717) is 32.0 Å². The average Bonchev–Trinajstić information content (AvgIpc) is 2.80. The standard InChI is InChI=1S/C26H30F3N3O3/c1-17-4-2-6-19(12-17)25(35)10-8-22(9-11-25)32-15-21(16-32)31-23(33)14-30-24(34)18-5-3-7-20(13-18)26(27,28)29/h2-7,12-13,21-22,35H,8-11,14-16H2,1H3,(H,30,34)(H,31,33)/t22-,25-. The Morgan fingerprint density at radius 1 is 1.09 bits per heavy atom. The number of carbonyl (C=O) groups excluding carboxylic acids is 2. The lowest BCUT2D eigenvalue weighted by atomic mass is 9.76. The highest BCUT2D eigenvalue weighted by Crippen LogP contribution is 2.39. The molecular formula is C26H30F3N3O3. The van der Waals surface area contributed by atoms with Crippen LogP contribution < -0.4 is 10.6 Å². The van der Waals surface area contributed by atoms with E-state index in [-0.39, 0.29) is 24.1 Å². The smallest absolute Gasteiger partial charge is 0.385 e. The monoisotopic (exact) mass is 489 g/mol. The number of carbonyl (C=O) groups is 2. The minimum Gasteiger partial charge on any atom is -0.385 e. The Kier molecular flexibility index (Phi) is 7.19. The average molecular weight is 490 g/mol. The SMILES string of the molecule is Cc1cccc([C@]2(O)CC[C@H](N3CC(NC(=O)CNC(=O)c4cccc(C(F)(F)F)c4)C3)CC2)c1. The molecule has 188 valence electrons. The first-order valence-corrected chi connectivity index (χ1v) is 11.8. The third-order valence-corrected chi connectivity index (χ3v) is 6.99. The largest absolute Gasteiger partial charge is 0.416 e. The number of amides is 2. The molecule has 0 spiro atoms. The molecule has 0 aromatic heterocycles. The lowest BCUT2D eigenvalue weighted by molar-refractivity contribution is -0.137. The maximum atomic E-state index is 12.8. The van der Waals surface area contributed by atoms with Crippen LogP contribution in [-0.4, -0.2) is 53.5 Å². The number of likely N-dealkylation sites (tertiary alicyclic amines) is 1. The van der Waals surface area contributed by atoms with Gasteiger partial charge in [0, 0.05) is 24.7 Å². The number of hydrogen-bond donors (Lipinski definition) is 3. The van der Waals surface area contributed by atoms with Gasteiger partial charge in [0.15, 0.2) is 0 Å². The van der Waals surface area contributed by atoms with Crippen molar-refractivity contribution in [1.29, 1.82) is 0 Å². The number of aryl methyl sites for hydroxylation is 1. The normalized spacial score (nSPS) is 23.4. The van der Waals surface area contributed by atoms with Crippen molar-refractivity contribution in [3.05, 3.63) is 70.8 Å². The first-order valence-electron chi connectivity index (χ1n) is 11.8. The van der Waals surface area contributed by atoms with Crippen LogP contribution in [0, 0.1) is 6.92 Å². The molecule has 1 aliphatic carbocycles. The van der Waals surface area contributed by atoms with E-state index in [4.69, 9.17) is 0 Å². The summed E-state index contributed by atoms with van der Waals surface area (Å²) < 4.78 is 38.5. The van der Waals surface area contributed by atoms with Gasteiger partial charge in [-0.25, -0.2) is 0 Å². The minimum atomic E-state index is -4.54. The van der Waals surface area contributed by atoms with Gasteiger partial charge in [0.25, 0.3) is 5.91 Å². The molecule has 1 heterocycles. The second-order valence-electron chi connectivity index (χ2n) is 9.61. The molecule has 3 N–H and O–H groups in total. The second kappa shape index (κ2) is 9.99. The van der Waals surface area contributed by atoms with Crippen molar-refractivity contribution in [2.75, 3.05) is 19.6 Å². The summed E-state index contributed by atoms with van der Waals surface area (Å²) in [6, 6.07) is 12.4. The highest BCUT2D eigenvalue weighted by molar-refractivity contribution is 5.96. The van der Waals surface area contributed by atoms with Gasteiger partial charge < -0.3 is 15.7 Å². The van der Waals surface area contributed by atoms with Crippen LogP contribution in [0.25, 0.3) is 0 Å². The van der Waals surface area contributed by atoms with E-state index in [0.717, 1.165) is 42.2 Å². The van der Waals surface area contributed by atoms with Crippen LogP contribution in [0.5, 0.6) is 0 Å². The van der Waals surface area contributed by atoms with Gasteiger partial charge in [0.2, 0.25) is 5.91 Å². The van der Waals surface area contributed by atoms with Gasteiger partial charge in [-0.3, -0.25) is 14.5 Å². The van der Waals surface area contributed by atoms with E-state index in [9.17, 15) is 27.9 Å². The van der Waals surface area contributed by atoms with Crippen LogP contribution in [0.1, 0.15) is 52.7 Å². The molecule has 2 amide bonds. The summed E-state index contributed by atoms with van der Waals surface area (Å²) in [7, 11) is 0. The highest BCUT2D eigenvalue weighted by atomic mass is 19.4. The Bertz CT molecular complexity index is 1070. The predicted molar refractivity (Wildman–Crippen MR) is 125 cm³/mol. The molecule has 2 aromatic rings. The summed E-state index contributed by atoms with van der Waals surface area (Å²) in [4.78, 5) is 26.6. The molecule has 1 saturated heterocycles. The predicted octanol–water partition coefficient (Wildman–Crippen LogP) is 3.37. The zero-order chi connectivity index (χ0) is 25.2. The van der Waals surface area contributed by atoms with Gasteiger partial charge in [-0.05, 0) is 56.4 Å². The highest BCUT2D eigenvalue weighted by Gasteiger charge is 2.40. The summed E-state index contributed by atoms with van der Waals surface area (Å²) in [5.74, 6) is -1.11. The van der Waals surface area contributed by atoms with E-state index >= 15 is 0 Å². The maximum Gasteiger partial charge on any atom is 0.416 e. The number of benzene rings is 2. The number of nitrogens with zero attached hydrogens (tertiary/aromatic N) is 1. The zero-order valence-electron chi connectivity index (χ0n) is 19.6. The summed E-state index contributed by atoms with van der Waals surface area (Å²) in [5.41, 5.74) is 0.246. The summed E-state index contributed by atoms with van der Waals surface area (Å²) >= 11 is 0. The van der Waals surface area contributed by atoms with Crippen molar-refractivity contribution in [3.63, 3.8) is 0 Å². The molecule has 1 aliphatic heterocycles. The van der Waals surface area contributed by atoms with Crippen molar-refractivity contribution in [2.24, 2.45) is 0 Å². The molecule has 2 aromatic carbocycles. The van der Waals surface area contributed by atoms with Crippen molar-refractivity contribution < 1.29 is 27.9 Å². The Labute approximate surface area is 202 Å². The Morgan fingerprint density at radius 3 is 2.43 bits per heavy atom. The van der Waals surface area contributed by atoms with Gasteiger partial charge in [-0.1, -0.05) is 35.9 Å². The molecular weight excluding hydrogens is 459 g/mol. The van der Waals surface area contributed by atoms with Gasteiger partial charge in [-0.15, -0.1) is 0 Å². The fraction of sp³-hybridized carbons (Fsp3) is 0.462. The van der Waals surface area contributed by atoms with E-state index in [2.05, 4.69) is 15.5 Å². The molecule has 0 atom stereocenters. The lowest BCUT2D eigenvalue weighted by Crippen LogP contribution is -2.63. The molecule has 2 aliphatic rings. The number of halogens is 3. The van der Waals surface area contributed by atoms with Crippen LogP contribution in [0.2, 0.25) is 0 Å². The molecule has 1 saturated carbocycles. The van der Waals surface area contributed by atoms with Gasteiger partial charge in [0.05, 0.1) is 23.8 Å². The Hall–Kier alpha value is -2.91. The minimum absolute atomic E-state index is 0.0365. The number of hydrogen-bond acceptors (Lipinski definition) is 4. The van der Waals surface area contributed by atoms with E-state index < -0.39 is 23.2 Å². The van der Waals surface area contributed by atoms with Crippen molar-refractivity contribution in [2.45, 2.75) is 56.5 Å². The third kappa shape index (κ3) is 6.02. The zero-order valence-corrected chi connectivity index (χ0v) is 19.6. The number of nitrogens with one attached hydrogen (secondary N) is 2. The number of aliphatic hydroxyl groups is 1. The fourth-order valence-electron chi connectivity index (χ4n) is 4.95. The quantitative estimate of drug-likeness (QED) is 0.581. The summed E-state index contributed by atoms with van der Waals surface area (Å²) in [6.07, 6.45) is -1.41. The van der Waals surface area contributed by atoms with Crippen molar-refractivity contribution in [3.8, 4) is 0 Å². The van der Waals surface area contributed by atoms with Gasteiger partial charge in [0.1, 0.15) is 0 Å². The van der Waals surface area contributed by atoms with Crippen molar-refractivity contribution >= 4 is 11.8 Å². The lowest BCUT2D eigenvalue weighted by Gasteiger charge is -2.48. The molecule has 4 rings (SSSR count). The van der Waals surface area contributed by atoms with E-state index in [1.807, 2.05) is 31.2 Å². The number of alkyl halides is 3. The van der Waals surface area contributed by atoms with Crippen LogP contribution in [0.3, 0.4) is 0 Å². The molecule has 0 radical (unpaired) electrons. The summed E-state index contributed by atoms with van der Waals surface area (Å²) in [5, 5.41) is 16.3. The second-order valence-corrected chi connectivity index (χ2v) is 9.61. The Morgan fingerprint density at radius 2 is 1.77 bits per heavy atom. The molecule has 2 fully saturated rings. The van der Waals surface area contributed by atoms with Crippen LogP contribution in [0.15, 0.2) is 48.5 Å². The maximum absolute atomic E-state index is 12.8. The third-order valence-electron chi connectivity index (χ3n) is 6.99. The van der Waals surface area contributed by atoms with Gasteiger partial charge >= 0.3 is 6.18 Å². The molecule has 35 heavy (non-hydrogen) atoms. The van der Waals surface area contributed by atoms with Gasteiger partial charge in [-0.2, -0.15) is 13.2 Å². The topological polar surface area (TPSA) is 81.7 Å². The number of rotatable bonds is 6. The fourth-order valence-corrected chi connectivity index (χ4v) is 4.95. The first-order chi connectivity index (χ1) is 16.5. The van der Waals surface area contributed by atoms with Crippen LogP contribution in [0.4, 0.5) is 13.2 Å². The Balaban J connectivity index is 1.18. The molecule has 0 unspecified atom stereocenters. The van der Waals surface area contributed by atoms with Crippen LogP contribution >= 0.6 is 0 Å². The first kappa shape index (κ1) is 25.2.